The maximum Gasteiger partial charge on any atom is 0.170 e. The lowest BCUT2D eigenvalue weighted by Crippen LogP contribution is -1.95. The SMILES string of the molecule is CC(O)c1ccc(C#N)cc1Sc1ncc[nH]1. The molecule has 2 N–H and O–H groups in total. The van der Waals surface area contributed by atoms with Gasteiger partial charge in [-0.3, -0.25) is 0 Å². The van der Waals surface area contributed by atoms with Crippen molar-refractivity contribution < 1.29 is 5.11 Å². The second-order valence-corrected chi connectivity index (χ2v) is 4.57. The number of aromatic amines is 1. The van der Waals surface area contributed by atoms with Crippen LogP contribution in [0.15, 0.2) is 40.6 Å². The number of aromatic nitrogens is 2. The van der Waals surface area contributed by atoms with E-state index < -0.39 is 6.10 Å². The molecular formula is C12H11N3OS. The third kappa shape index (κ3) is 2.67. The number of nitrogens with zero attached hydrogens (tertiary/aromatic N) is 2. The number of rotatable bonds is 3. The average molecular weight is 245 g/mol. The smallest absolute Gasteiger partial charge is 0.170 e. The largest absolute Gasteiger partial charge is 0.389 e. The van der Waals surface area contributed by atoms with Gasteiger partial charge >= 0.3 is 0 Å². The van der Waals surface area contributed by atoms with Crippen LogP contribution in [0.2, 0.25) is 0 Å². The van der Waals surface area contributed by atoms with Crippen molar-refractivity contribution in [1.82, 2.24) is 9.97 Å². The van der Waals surface area contributed by atoms with E-state index in [1.807, 2.05) is 0 Å². The van der Waals surface area contributed by atoms with Crippen LogP contribution >= 0.6 is 11.8 Å². The number of H-pyrrole nitrogens is 1. The number of imidazole rings is 1. The molecule has 1 unspecified atom stereocenters. The summed E-state index contributed by atoms with van der Waals surface area (Å²) in [5.74, 6) is 0. The molecule has 0 fully saturated rings. The topological polar surface area (TPSA) is 72.7 Å². The molecule has 2 rings (SSSR count). The highest BCUT2D eigenvalue weighted by atomic mass is 32.2. The first kappa shape index (κ1) is 11.7. The Morgan fingerprint density at radius 2 is 2.35 bits per heavy atom. The predicted octanol–water partition coefficient (Wildman–Crippen LogP) is 2.49. The van der Waals surface area contributed by atoms with Gasteiger partial charge in [0, 0.05) is 17.3 Å². The summed E-state index contributed by atoms with van der Waals surface area (Å²) in [5.41, 5.74) is 1.37. The Labute approximate surface area is 103 Å². The van der Waals surface area contributed by atoms with Gasteiger partial charge in [-0.15, -0.1) is 0 Å². The maximum atomic E-state index is 9.67. The molecule has 0 aliphatic rings. The normalized spacial score (nSPS) is 12.1. The monoisotopic (exact) mass is 245 g/mol. The van der Waals surface area contributed by atoms with Crippen molar-refractivity contribution in [1.29, 1.82) is 5.26 Å². The van der Waals surface area contributed by atoms with Crippen LogP contribution in [0.5, 0.6) is 0 Å². The van der Waals surface area contributed by atoms with Crippen LogP contribution in [0.3, 0.4) is 0 Å². The molecule has 1 aromatic carbocycles. The van der Waals surface area contributed by atoms with Gasteiger partial charge in [-0.05, 0) is 24.6 Å². The fraction of sp³-hybridized carbons (Fsp3) is 0.167. The van der Waals surface area contributed by atoms with Crippen molar-refractivity contribution >= 4 is 11.8 Å². The van der Waals surface area contributed by atoms with E-state index in [-0.39, 0.29) is 0 Å². The molecule has 0 saturated heterocycles. The van der Waals surface area contributed by atoms with E-state index >= 15 is 0 Å². The Hall–Kier alpha value is -1.77. The van der Waals surface area contributed by atoms with Crippen LogP contribution in [-0.4, -0.2) is 15.1 Å². The zero-order valence-corrected chi connectivity index (χ0v) is 10.0. The van der Waals surface area contributed by atoms with E-state index in [1.54, 1.807) is 37.5 Å². The van der Waals surface area contributed by atoms with Crippen molar-refractivity contribution in [2.45, 2.75) is 23.1 Å². The highest BCUT2D eigenvalue weighted by molar-refractivity contribution is 7.99. The number of benzene rings is 1. The predicted molar refractivity (Wildman–Crippen MR) is 64.5 cm³/mol. The number of nitrogens with one attached hydrogen (secondary N) is 1. The number of hydrogen-bond acceptors (Lipinski definition) is 4. The summed E-state index contributed by atoms with van der Waals surface area (Å²) in [5, 5.41) is 19.3. The molecule has 1 aromatic heterocycles. The fourth-order valence-corrected chi connectivity index (χ4v) is 2.44. The Morgan fingerprint density at radius 3 is 2.94 bits per heavy atom. The summed E-state index contributed by atoms with van der Waals surface area (Å²) < 4.78 is 0. The number of nitriles is 1. The van der Waals surface area contributed by atoms with Gasteiger partial charge in [-0.2, -0.15) is 5.26 Å². The van der Waals surface area contributed by atoms with Crippen molar-refractivity contribution in [2.75, 3.05) is 0 Å². The zero-order valence-electron chi connectivity index (χ0n) is 9.21. The first-order valence-electron chi connectivity index (χ1n) is 5.10. The quantitative estimate of drug-likeness (QED) is 0.871. The molecule has 0 amide bonds. The summed E-state index contributed by atoms with van der Waals surface area (Å²) in [7, 11) is 0. The van der Waals surface area contributed by atoms with E-state index in [9.17, 15) is 5.11 Å². The summed E-state index contributed by atoms with van der Waals surface area (Å²) >= 11 is 1.40. The first-order chi connectivity index (χ1) is 8.20. The molecule has 0 spiro atoms. The molecule has 0 aliphatic carbocycles. The Kier molecular flexibility index (Phi) is 3.47. The van der Waals surface area contributed by atoms with E-state index in [4.69, 9.17) is 5.26 Å². The molecule has 0 saturated carbocycles. The van der Waals surface area contributed by atoms with Gasteiger partial charge in [0.05, 0.1) is 17.7 Å². The third-order valence-electron chi connectivity index (χ3n) is 2.27. The molecular weight excluding hydrogens is 234 g/mol. The summed E-state index contributed by atoms with van der Waals surface area (Å²) in [6, 6.07) is 7.32. The highest BCUT2D eigenvalue weighted by Gasteiger charge is 2.11. The van der Waals surface area contributed by atoms with Crippen LogP contribution in [0.4, 0.5) is 0 Å². The summed E-state index contributed by atoms with van der Waals surface area (Å²) in [4.78, 5) is 7.93. The highest BCUT2D eigenvalue weighted by Crippen LogP contribution is 2.32. The molecule has 4 nitrogen and oxygen atoms in total. The minimum atomic E-state index is -0.569. The molecule has 0 aliphatic heterocycles. The molecule has 5 heteroatoms. The van der Waals surface area contributed by atoms with Crippen LogP contribution in [-0.2, 0) is 0 Å². The van der Waals surface area contributed by atoms with E-state index in [2.05, 4.69) is 16.0 Å². The molecule has 0 radical (unpaired) electrons. The lowest BCUT2D eigenvalue weighted by molar-refractivity contribution is 0.196. The minimum absolute atomic E-state index is 0.569. The van der Waals surface area contributed by atoms with Gasteiger partial charge in [-0.25, -0.2) is 4.98 Å². The molecule has 17 heavy (non-hydrogen) atoms. The molecule has 86 valence electrons. The van der Waals surface area contributed by atoms with E-state index in [0.717, 1.165) is 15.6 Å². The van der Waals surface area contributed by atoms with Crippen molar-refractivity contribution in [3.63, 3.8) is 0 Å². The molecule has 1 atom stereocenters. The fourth-order valence-electron chi connectivity index (χ4n) is 1.45. The summed E-state index contributed by atoms with van der Waals surface area (Å²) in [6.07, 6.45) is 2.83. The minimum Gasteiger partial charge on any atom is -0.389 e. The van der Waals surface area contributed by atoms with Gasteiger partial charge < -0.3 is 10.1 Å². The van der Waals surface area contributed by atoms with Crippen LogP contribution in [0, 0.1) is 11.3 Å². The van der Waals surface area contributed by atoms with Crippen molar-refractivity contribution in [3.05, 3.63) is 41.7 Å². The van der Waals surface area contributed by atoms with Crippen LogP contribution in [0.25, 0.3) is 0 Å². The van der Waals surface area contributed by atoms with Gasteiger partial charge in [0.1, 0.15) is 0 Å². The lowest BCUT2D eigenvalue weighted by atomic mass is 10.1. The Morgan fingerprint density at radius 1 is 1.53 bits per heavy atom. The van der Waals surface area contributed by atoms with Crippen LogP contribution in [0.1, 0.15) is 24.2 Å². The third-order valence-corrected chi connectivity index (χ3v) is 3.26. The van der Waals surface area contributed by atoms with E-state index in [1.165, 1.54) is 11.8 Å². The average Bonchev–Trinajstić information content (AvgIpc) is 2.81. The Balaban J connectivity index is 2.39. The number of aliphatic hydroxyl groups is 1. The zero-order chi connectivity index (χ0) is 12.3. The van der Waals surface area contributed by atoms with Crippen molar-refractivity contribution in [3.8, 4) is 6.07 Å². The second kappa shape index (κ2) is 5.04. The summed E-state index contributed by atoms with van der Waals surface area (Å²) in [6.45, 7) is 1.70. The first-order valence-corrected chi connectivity index (χ1v) is 5.91. The Bertz CT molecular complexity index is 543. The van der Waals surface area contributed by atoms with Crippen molar-refractivity contribution in [2.24, 2.45) is 0 Å². The van der Waals surface area contributed by atoms with Crippen LogP contribution < -0.4 is 0 Å². The molecule has 1 heterocycles. The van der Waals surface area contributed by atoms with Gasteiger partial charge in [0.25, 0.3) is 0 Å². The van der Waals surface area contributed by atoms with Gasteiger partial charge in [-0.1, -0.05) is 17.8 Å². The van der Waals surface area contributed by atoms with Gasteiger partial charge in [0.2, 0.25) is 0 Å². The molecule has 2 aromatic rings. The van der Waals surface area contributed by atoms with E-state index in [0.29, 0.717) is 5.56 Å². The number of hydrogen-bond donors (Lipinski definition) is 2. The standard InChI is InChI=1S/C12H11N3OS/c1-8(16)10-3-2-9(7-13)6-11(10)17-12-14-4-5-15-12/h2-6,8,16H,1H3,(H,14,15). The lowest BCUT2D eigenvalue weighted by Gasteiger charge is -2.10. The molecule has 0 bridgehead atoms. The maximum absolute atomic E-state index is 9.67. The van der Waals surface area contributed by atoms with Gasteiger partial charge in [0.15, 0.2) is 5.16 Å². The second-order valence-electron chi connectivity index (χ2n) is 3.54. The number of aliphatic hydroxyl groups excluding tert-OH is 1.